The van der Waals surface area contributed by atoms with Crippen LogP contribution in [-0.2, 0) is 14.6 Å². The SMILES string of the molecule is COC(=O)c1ccc(C2CC2)c(S(C)(=O)=O)c1C#N. The van der Waals surface area contributed by atoms with Gasteiger partial charge in [0.2, 0.25) is 0 Å². The maximum absolute atomic E-state index is 11.9. The Morgan fingerprint density at radius 2 is 2.05 bits per heavy atom. The first-order valence-electron chi connectivity index (χ1n) is 5.75. The smallest absolute Gasteiger partial charge is 0.339 e. The van der Waals surface area contributed by atoms with Crippen molar-refractivity contribution in [1.29, 1.82) is 5.26 Å². The molecule has 0 atom stereocenters. The molecule has 0 saturated heterocycles. The van der Waals surface area contributed by atoms with E-state index in [1.807, 2.05) is 6.07 Å². The van der Waals surface area contributed by atoms with E-state index in [0.717, 1.165) is 19.1 Å². The van der Waals surface area contributed by atoms with Crippen LogP contribution < -0.4 is 0 Å². The van der Waals surface area contributed by atoms with Crippen LogP contribution in [0.4, 0.5) is 0 Å². The topological polar surface area (TPSA) is 84.2 Å². The number of methoxy groups -OCH3 is 1. The third-order valence-corrected chi connectivity index (χ3v) is 4.27. The Morgan fingerprint density at radius 3 is 2.47 bits per heavy atom. The molecule has 19 heavy (non-hydrogen) atoms. The molecule has 1 aliphatic carbocycles. The predicted molar refractivity (Wildman–Crippen MR) is 67.6 cm³/mol. The van der Waals surface area contributed by atoms with E-state index in [4.69, 9.17) is 0 Å². The highest BCUT2D eigenvalue weighted by atomic mass is 32.2. The highest BCUT2D eigenvalue weighted by Crippen LogP contribution is 2.44. The Hall–Kier alpha value is -1.87. The van der Waals surface area contributed by atoms with Crippen molar-refractivity contribution in [3.8, 4) is 6.07 Å². The maximum atomic E-state index is 11.9. The first-order valence-corrected chi connectivity index (χ1v) is 7.64. The minimum absolute atomic E-state index is 0.00479. The molecule has 0 aromatic heterocycles. The van der Waals surface area contributed by atoms with Gasteiger partial charge in [-0.2, -0.15) is 5.26 Å². The van der Waals surface area contributed by atoms with Crippen LogP contribution in [0, 0.1) is 11.3 Å². The standard InChI is InChI=1S/C13H13NO4S/c1-18-13(15)10-6-5-9(8-3-4-8)12(11(10)7-14)19(2,16)17/h5-6,8H,3-4H2,1-2H3. The van der Waals surface area contributed by atoms with Gasteiger partial charge in [0, 0.05) is 6.26 Å². The van der Waals surface area contributed by atoms with Gasteiger partial charge in [-0.15, -0.1) is 0 Å². The fourth-order valence-electron chi connectivity index (χ4n) is 2.11. The fourth-order valence-corrected chi connectivity index (χ4v) is 3.29. The molecule has 1 saturated carbocycles. The molecule has 5 nitrogen and oxygen atoms in total. The van der Waals surface area contributed by atoms with Gasteiger partial charge in [-0.1, -0.05) is 6.07 Å². The molecule has 0 spiro atoms. The summed E-state index contributed by atoms with van der Waals surface area (Å²) >= 11 is 0. The molecule has 0 amide bonds. The number of carbonyl (C=O) groups is 1. The van der Waals surface area contributed by atoms with Gasteiger partial charge in [-0.25, -0.2) is 13.2 Å². The molecule has 0 N–H and O–H groups in total. The summed E-state index contributed by atoms with van der Waals surface area (Å²) in [5.74, 6) is -0.535. The van der Waals surface area contributed by atoms with E-state index in [9.17, 15) is 18.5 Å². The van der Waals surface area contributed by atoms with Crippen LogP contribution in [0.3, 0.4) is 0 Å². The molecule has 0 unspecified atom stereocenters. The Morgan fingerprint density at radius 1 is 1.42 bits per heavy atom. The Kier molecular flexibility index (Phi) is 3.33. The number of carbonyl (C=O) groups excluding carboxylic acids is 1. The van der Waals surface area contributed by atoms with Gasteiger partial charge < -0.3 is 4.74 Å². The molecule has 1 aliphatic rings. The van der Waals surface area contributed by atoms with E-state index in [1.54, 1.807) is 6.07 Å². The lowest BCUT2D eigenvalue weighted by atomic mass is 10.0. The van der Waals surface area contributed by atoms with Gasteiger partial charge in [-0.05, 0) is 30.4 Å². The lowest BCUT2D eigenvalue weighted by Gasteiger charge is -2.12. The zero-order valence-corrected chi connectivity index (χ0v) is 11.5. The second-order valence-corrected chi connectivity index (χ2v) is 6.51. The van der Waals surface area contributed by atoms with E-state index in [-0.39, 0.29) is 21.9 Å². The number of benzene rings is 1. The number of esters is 1. The second-order valence-electron chi connectivity index (χ2n) is 4.56. The van der Waals surface area contributed by atoms with Crippen LogP contribution >= 0.6 is 0 Å². The van der Waals surface area contributed by atoms with Gasteiger partial charge in [0.05, 0.1) is 23.1 Å². The quantitative estimate of drug-likeness (QED) is 0.785. The zero-order valence-electron chi connectivity index (χ0n) is 10.6. The number of nitrogens with zero attached hydrogens (tertiary/aromatic N) is 1. The van der Waals surface area contributed by atoms with Crippen LogP contribution in [-0.4, -0.2) is 27.8 Å². The first kappa shape index (κ1) is 13.6. The summed E-state index contributed by atoms with van der Waals surface area (Å²) in [5.41, 5.74) is 0.514. The minimum atomic E-state index is -3.58. The van der Waals surface area contributed by atoms with Crippen molar-refractivity contribution in [2.45, 2.75) is 23.7 Å². The third kappa shape index (κ3) is 2.47. The van der Waals surface area contributed by atoms with Crippen molar-refractivity contribution in [2.24, 2.45) is 0 Å². The monoisotopic (exact) mass is 279 g/mol. The summed E-state index contributed by atoms with van der Waals surface area (Å²) in [7, 11) is -2.38. The normalized spacial score (nSPS) is 14.8. The Bertz CT molecular complexity index is 681. The third-order valence-electron chi connectivity index (χ3n) is 3.09. The number of nitriles is 1. The lowest BCUT2D eigenvalue weighted by Crippen LogP contribution is -2.11. The van der Waals surface area contributed by atoms with Crippen LogP contribution in [0.15, 0.2) is 17.0 Å². The average Bonchev–Trinajstić information content (AvgIpc) is 3.19. The van der Waals surface area contributed by atoms with Crippen LogP contribution in [0.5, 0.6) is 0 Å². The van der Waals surface area contributed by atoms with Crippen molar-refractivity contribution in [3.63, 3.8) is 0 Å². The molecule has 2 rings (SSSR count). The van der Waals surface area contributed by atoms with Crippen LogP contribution in [0.25, 0.3) is 0 Å². The molecular weight excluding hydrogens is 266 g/mol. The number of hydrogen-bond donors (Lipinski definition) is 0. The predicted octanol–water partition coefficient (Wildman–Crippen LogP) is 1.63. The number of hydrogen-bond acceptors (Lipinski definition) is 5. The van der Waals surface area contributed by atoms with Gasteiger partial charge >= 0.3 is 5.97 Å². The zero-order chi connectivity index (χ0) is 14.2. The van der Waals surface area contributed by atoms with E-state index in [2.05, 4.69) is 4.74 Å². The largest absolute Gasteiger partial charge is 0.465 e. The highest BCUT2D eigenvalue weighted by Gasteiger charge is 2.33. The number of ether oxygens (including phenoxy) is 1. The van der Waals surface area contributed by atoms with Crippen LogP contribution in [0.2, 0.25) is 0 Å². The Labute approximate surface area is 111 Å². The van der Waals surface area contributed by atoms with Gasteiger partial charge in [0.25, 0.3) is 0 Å². The van der Waals surface area contributed by atoms with Crippen molar-refractivity contribution in [3.05, 3.63) is 28.8 Å². The molecule has 0 bridgehead atoms. The summed E-state index contributed by atoms with van der Waals surface area (Å²) in [6, 6.07) is 4.91. The summed E-state index contributed by atoms with van der Waals surface area (Å²) in [6.07, 6.45) is 2.87. The van der Waals surface area contributed by atoms with E-state index in [1.165, 1.54) is 13.2 Å². The molecule has 0 heterocycles. The molecule has 1 aromatic carbocycles. The Balaban J connectivity index is 2.78. The molecular formula is C13H13NO4S. The molecule has 1 fully saturated rings. The summed E-state index contributed by atoms with van der Waals surface area (Å²) in [4.78, 5) is 11.6. The van der Waals surface area contributed by atoms with Gasteiger partial charge in [0.15, 0.2) is 9.84 Å². The summed E-state index contributed by atoms with van der Waals surface area (Å²) in [6.45, 7) is 0. The van der Waals surface area contributed by atoms with Crippen molar-refractivity contribution in [1.82, 2.24) is 0 Å². The van der Waals surface area contributed by atoms with E-state index < -0.39 is 15.8 Å². The van der Waals surface area contributed by atoms with Crippen molar-refractivity contribution >= 4 is 15.8 Å². The van der Waals surface area contributed by atoms with Crippen molar-refractivity contribution in [2.75, 3.05) is 13.4 Å². The first-order chi connectivity index (χ1) is 8.90. The van der Waals surface area contributed by atoms with Crippen LogP contribution in [0.1, 0.15) is 40.2 Å². The maximum Gasteiger partial charge on any atom is 0.339 e. The number of rotatable bonds is 3. The summed E-state index contributed by atoms with van der Waals surface area (Å²) in [5, 5.41) is 9.21. The van der Waals surface area contributed by atoms with Crippen molar-refractivity contribution < 1.29 is 17.9 Å². The molecule has 6 heteroatoms. The fraction of sp³-hybridized carbons (Fsp3) is 0.385. The summed E-state index contributed by atoms with van der Waals surface area (Å²) < 4.78 is 28.4. The van der Waals surface area contributed by atoms with Gasteiger partial charge in [0.1, 0.15) is 6.07 Å². The highest BCUT2D eigenvalue weighted by molar-refractivity contribution is 7.90. The molecule has 100 valence electrons. The van der Waals surface area contributed by atoms with Gasteiger partial charge in [-0.3, -0.25) is 0 Å². The lowest BCUT2D eigenvalue weighted by molar-refractivity contribution is 0.0600. The average molecular weight is 279 g/mol. The minimum Gasteiger partial charge on any atom is -0.465 e. The van der Waals surface area contributed by atoms with E-state index in [0.29, 0.717) is 5.56 Å². The second kappa shape index (κ2) is 4.67. The molecule has 1 aromatic rings. The number of sulfone groups is 1. The molecule has 0 aliphatic heterocycles. The molecule has 0 radical (unpaired) electrons. The van der Waals surface area contributed by atoms with E-state index >= 15 is 0 Å².